The summed E-state index contributed by atoms with van der Waals surface area (Å²) in [5.74, 6) is -19.2. The summed E-state index contributed by atoms with van der Waals surface area (Å²) in [6.07, 6.45) is -9.85. The van der Waals surface area contributed by atoms with E-state index < -0.39 is 36.7 Å². The first kappa shape index (κ1) is 18.3. The van der Waals surface area contributed by atoms with Gasteiger partial charge in [-0.1, -0.05) is 6.92 Å². The van der Waals surface area contributed by atoms with E-state index in [1.165, 1.54) is 6.92 Å². The van der Waals surface area contributed by atoms with Crippen molar-refractivity contribution in [1.29, 1.82) is 0 Å². The van der Waals surface area contributed by atoms with E-state index >= 15 is 0 Å². The maximum absolute atomic E-state index is 12.9. The summed E-state index contributed by atoms with van der Waals surface area (Å²) in [5, 5.41) is 0. The number of halogens is 9. The molecule has 0 aromatic heterocycles. The molecule has 0 aliphatic carbocycles. The highest BCUT2D eigenvalue weighted by Crippen LogP contribution is 2.54. The van der Waals surface area contributed by atoms with Gasteiger partial charge in [-0.3, -0.25) is 0 Å². The van der Waals surface area contributed by atoms with E-state index in [-0.39, 0.29) is 13.3 Å². The van der Waals surface area contributed by atoms with E-state index in [0.717, 1.165) is 0 Å². The Labute approximate surface area is 102 Å². The molecule has 1 unspecified atom stereocenters. The number of hydrogen-bond acceptors (Lipinski definition) is 1. The first-order valence-corrected chi connectivity index (χ1v) is 5.05. The van der Waals surface area contributed by atoms with Crippen LogP contribution in [0.2, 0.25) is 0 Å². The van der Waals surface area contributed by atoms with E-state index in [2.05, 4.69) is 4.74 Å². The summed E-state index contributed by atoms with van der Waals surface area (Å²) < 4.78 is 118. The van der Waals surface area contributed by atoms with Crippen molar-refractivity contribution in [2.45, 2.75) is 50.3 Å². The van der Waals surface area contributed by atoms with Gasteiger partial charge in [0.2, 0.25) is 0 Å². The Balaban J connectivity index is 5.49. The molecule has 19 heavy (non-hydrogen) atoms. The van der Waals surface area contributed by atoms with Gasteiger partial charge < -0.3 is 4.74 Å². The smallest absolute Gasteiger partial charge is 0.316 e. The Morgan fingerprint density at radius 1 is 0.895 bits per heavy atom. The SMILES string of the molecule is CCCOC(F)(F)C(F)(F)C(F)(F)C(F)(F)C(C)F. The molecular weight excluding hydrogens is 295 g/mol. The third-order valence-corrected chi connectivity index (χ3v) is 2.17. The fourth-order valence-electron chi connectivity index (χ4n) is 0.963. The molecule has 1 atom stereocenters. The zero-order valence-electron chi connectivity index (χ0n) is 9.80. The molecule has 0 rings (SSSR count). The summed E-state index contributed by atoms with van der Waals surface area (Å²) in [6.45, 7) is -0.00490. The van der Waals surface area contributed by atoms with Crippen LogP contribution in [0.25, 0.3) is 0 Å². The number of hydrogen-bond donors (Lipinski definition) is 0. The van der Waals surface area contributed by atoms with Crippen molar-refractivity contribution < 1.29 is 44.3 Å². The Kier molecular flexibility index (Phi) is 5.18. The molecule has 0 spiro atoms. The van der Waals surface area contributed by atoms with Crippen molar-refractivity contribution >= 4 is 0 Å². The average molecular weight is 306 g/mol. The largest absolute Gasteiger partial charge is 0.426 e. The van der Waals surface area contributed by atoms with Crippen molar-refractivity contribution in [3.63, 3.8) is 0 Å². The third kappa shape index (κ3) is 2.92. The lowest BCUT2D eigenvalue weighted by molar-refractivity contribution is -0.431. The highest BCUT2D eigenvalue weighted by atomic mass is 19.4. The molecule has 0 bridgehead atoms. The molecule has 1 nitrogen and oxygen atoms in total. The van der Waals surface area contributed by atoms with Gasteiger partial charge in [0.15, 0.2) is 6.17 Å². The first-order valence-electron chi connectivity index (χ1n) is 5.05. The Hall–Kier alpha value is -0.670. The highest BCUT2D eigenvalue weighted by molar-refractivity contribution is 5.02. The molecule has 0 aromatic rings. The van der Waals surface area contributed by atoms with Gasteiger partial charge in [-0.25, -0.2) is 4.39 Å². The molecule has 0 heterocycles. The summed E-state index contributed by atoms with van der Waals surface area (Å²) in [7, 11) is 0. The van der Waals surface area contributed by atoms with E-state index in [1.54, 1.807) is 0 Å². The lowest BCUT2D eigenvalue weighted by atomic mass is 10.0. The predicted octanol–water partition coefficient (Wildman–Crippen LogP) is 4.27. The zero-order valence-corrected chi connectivity index (χ0v) is 9.80. The molecule has 0 radical (unpaired) electrons. The van der Waals surface area contributed by atoms with Gasteiger partial charge in [0, 0.05) is 0 Å². The van der Waals surface area contributed by atoms with Gasteiger partial charge in [-0.2, -0.15) is 35.1 Å². The van der Waals surface area contributed by atoms with Crippen LogP contribution in [0.1, 0.15) is 20.3 Å². The second kappa shape index (κ2) is 5.37. The predicted molar refractivity (Wildman–Crippen MR) is 46.6 cm³/mol. The Morgan fingerprint density at radius 3 is 1.63 bits per heavy atom. The normalized spacial score (nSPS) is 16.6. The number of rotatable bonds is 7. The lowest BCUT2D eigenvalue weighted by Crippen LogP contribution is -2.65. The molecule has 0 saturated carbocycles. The van der Waals surface area contributed by atoms with E-state index in [0.29, 0.717) is 0 Å². The van der Waals surface area contributed by atoms with E-state index in [9.17, 15) is 39.5 Å². The first-order chi connectivity index (χ1) is 8.25. The topological polar surface area (TPSA) is 9.23 Å². The van der Waals surface area contributed by atoms with E-state index in [1.807, 2.05) is 0 Å². The van der Waals surface area contributed by atoms with E-state index in [4.69, 9.17) is 0 Å². The Bertz CT molecular complexity index is 300. The molecule has 0 amide bonds. The second-order valence-electron chi connectivity index (χ2n) is 3.75. The van der Waals surface area contributed by atoms with Crippen LogP contribution in [-0.4, -0.2) is 36.7 Å². The minimum atomic E-state index is -6.62. The van der Waals surface area contributed by atoms with Gasteiger partial charge in [0.05, 0.1) is 6.61 Å². The fourth-order valence-corrected chi connectivity index (χ4v) is 0.963. The van der Waals surface area contributed by atoms with Crippen LogP contribution < -0.4 is 0 Å². The molecule has 0 aliphatic heterocycles. The highest BCUT2D eigenvalue weighted by Gasteiger charge is 2.82. The van der Waals surface area contributed by atoms with Gasteiger partial charge in [-0.15, -0.1) is 0 Å². The maximum Gasteiger partial charge on any atom is 0.426 e. The third-order valence-electron chi connectivity index (χ3n) is 2.17. The van der Waals surface area contributed by atoms with Crippen LogP contribution in [0, 0.1) is 0 Å². The monoisotopic (exact) mass is 306 g/mol. The van der Waals surface area contributed by atoms with Crippen molar-refractivity contribution in [3.8, 4) is 0 Å². The summed E-state index contributed by atoms with van der Waals surface area (Å²) >= 11 is 0. The standard InChI is InChI=1S/C9H11F9O/c1-3-4-19-9(17,18)8(15,16)7(13,14)6(11,12)5(2)10/h5H,3-4H2,1-2H3. The number of alkyl halides is 9. The van der Waals surface area contributed by atoms with Crippen LogP contribution >= 0.6 is 0 Å². The van der Waals surface area contributed by atoms with Gasteiger partial charge >= 0.3 is 23.9 Å². The van der Waals surface area contributed by atoms with Crippen LogP contribution in [-0.2, 0) is 4.74 Å². The number of ether oxygens (including phenoxy) is 1. The second-order valence-corrected chi connectivity index (χ2v) is 3.75. The molecule has 116 valence electrons. The maximum atomic E-state index is 12.9. The molecule has 0 saturated heterocycles. The molecule has 0 aliphatic rings. The summed E-state index contributed by atoms with van der Waals surface area (Å²) in [4.78, 5) is 0. The van der Waals surface area contributed by atoms with Crippen molar-refractivity contribution in [1.82, 2.24) is 0 Å². The van der Waals surface area contributed by atoms with Crippen LogP contribution in [0.5, 0.6) is 0 Å². The molecule has 10 heteroatoms. The van der Waals surface area contributed by atoms with Crippen molar-refractivity contribution in [2.24, 2.45) is 0 Å². The van der Waals surface area contributed by atoms with Crippen LogP contribution in [0.3, 0.4) is 0 Å². The molecule has 0 N–H and O–H groups in total. The van der Waals surface area contributed by atoms with Gasteiger partial charge in [0.25, 0.3) is 0 Å². The average Bonchev–Trinajstić information content (AvgIpc) is 2.25. The lowest BCUT2D eigenvalue weighted by Gasteiger charge is -2.36. The van der Waals surface area contributed by atoms with Gasteiger partial charge in [-0.05, 0) is 13.3 Å². The van der Waals surface area contributed by atoms with Crippen molar-refractivity contribution in [2.75, 3.05) is 6.61 Å². The fraction of sp³-hybridized carbons (Fsp3) is 1.00. The van der Waals surface area contributed by atoms with Crippen LogP contribution in [0.15, 0.2) is 0 Å². The summed E-state index contributed by atoms with van der Waals surface area (Å²) in [5.41, 5.74) is 0. The zero-order chi connectivity index (χ0) is 15.7. The van der Waals surface area contributed by atoms with Gasteiger partial charge in [0.1, 0.15) is 0 Å². The molecule has 0 aromatic carbocycles. The minimum absolute atomic E-state index is 0.144. The quantitative estimate of drug-likeness (QED) is 0.638. The van der Waals surface area contributed by atoms with Crippen molar-refractivity contribution in [3.05, 3.63) is 0 Å². The Morgan fingerprint density at radius 2 is 1.32 bits per heavy atom. The molecular formula is C9H11F9O. The summed E-state index contributed by atoms with van der Waals surface area (Å²) in [6, 6.07) is 0. The van der Waals surface area contributed by atoms with Crippen LogP contribution in [0.4, 0.5) is 39.5 Å². The minimum Gasteiger partial charge on any atom is -0.316 e. The molecule has 0 fully saturated rings.